The van der Waals surface area contributed by atoms with Crippen LogP contribution in [0.1, 0.15) is 25.3 Å². The Morgan fingerprint density at radius 1 is 1.28 bits per heavy atom. The van der Waals surface area contributed by atoms with E-state index in [1.165, 1.54) is 22.8 Å². The normalized spacial score (nSPS) is 11.8. The molecule has 1 atom stereocenters. The fourth-order valence-electron chi connectivity index (χ4n) is 2.27. The molecule has 1 unspecified atom stereocenters. The maximum Gasteiger partial charge on any atom is 0.319 e. The molecule has 1 aromatic carbocycles. The molecule has 0 radical (unpaired) electrons. The van der Waals surface area contributed by atoms with Crippen molar-refractivity contribution in [2.75, 3.05) is 11.9 Å². The van der Waals surface area contributed by atoms with Crippen molar-refractivity contribution >= 4 is 11.7 Å². The van der Waals surface area contributed by atoms with Crippen molar-refractivity contribution in [2.45, 2.75) is 32.4 Å². The number of urea groups is 1. The van der Waals surface area contributed by atoms with Crippen LogP contribution >= 0.6 is 0 Å². The lowest BCUT2D eigenvalue weighted by atomic mass is 10.2. The number of amides is 2. The van der Waals surface area contributed by atoms with Crippen LogP contribution in [-0.2, 0) is 6.54 Å². The number of carbonyl (C=O) groups is 1. The molecular formula is C18H22FN3O3. The average Bonchev–Trinajstić information content (AvgIpc) is 2.60. The summed E-state index contributed by atoms with van der Waals surface area (Å²) in [4.78, 5) is 24.3. The fraction of sp³-hybridized carbons (Fsp3) is 0.333. The Bertz CT molecular complexity index is 759. The second kappa shape index (κ2) is 8.98. The molecule has 0 fully saturated rings. The van der Waals surface area contributed by atoms with Gasteiger partial charge in [0.2, 0.25) is 0 Å². The monoisotopic (exact) mass is 347 g/mol. The molecule has 0 saturated carbocycles. The van der Waals surface area contributed by atoms with E-state index in [0.717, 1.165) is 5.56 Å². The van der Waals surface area contributed by atoms with Crippen molar-refractivity contribution < 1.29 is 14.3 Å². The number of nitrogens with zero attached hydrogens (tertiary/aromatic N) is 1. The van der Waals surface area contributed by atoms with E-state index in [1.807, 2.05) is 6.92 Å². The minimum atomic E-state index is -0.500. The third-order valence-corrected chi connectivity index (χ3v) is 3.77. The molecule has 2 rings (SSSR count). The number of pyridine rings is 1. The highest BCUT2D eigenvalue weighted by molar-refractivity contribution is 5.88. The first-order valence-electron chi connectivity index (χ1n) is 8.16. The number of hydrogen-bond donors (Lipinski definition) is 3. The first kappa shape index (κ1) is 18.7. The minimum absolute atomic E-state index is 0.151. The van der Waals surface area contributed by atoms with Crippen LogP contribution in [0.4, 0.5) is 14.9 Å². The topological polar surface area (TPSA) is 83.4 Å². The van der Waals surface area contributed by atoms with Crippen LogP contribution in [0, 0.1) is 5.82 Å². The van der Waals surface area contributed by atoms with Gasteiger partial charge in [-0.1, -0.05) is 19.1 Å². The van der Waals surface area contributed by atoms with Gasteiger partial charge < -0.3 is 20.3 Å². The molecule has 0 aliphatic rings. The highest BCUT2D eigenvalue weighted by Gasteiger charge is 2.08. The van der Waals surface area contributed by atoms with Gasteiger partial charge in [0.1, 0.15) is 11.5 Å². The van der Waals surface area contributed by atoms with Gasteiger partial charge in [0.25, 0.3) is 5.56 Å². The third kappa shape index (κ3) is 5.72. The van der Waals surface area contributed by atoms with Gasteiger partial charge in [-0.05, 0) is 42.7 Å². The Kier molecular flexibility index (Phi) is 6.71. The molecule has 0 bridgehead atoms. The number of aromatic nitrogens is 1. The van der Waals surface area contributed by atoms with E-state index in [4.69, 9.17) is 0 Å². The van der Waals surface area contributed by atoms with Gasteiger partial charge in [-0.15, -0.1) is 0 Å². The second-order valence-electron chi connectivity index (χ2n) is 5.71. The predicted octanol–water partition coefficient (Wildman–Crippen LogP) is 2.32. The van der Waals surface area contributed by atoms with E-state index >= 15 is 0 Å². The van der Waals surface area contributed by atoms with Crippen LogP contribution in [0.25, 0.3) is 0 Å². The first-order valence-corrected chi connectivity index (χ1v) is 8.16. The SMILES string of the molecule is CCC(O)CCNC(=O)Nc1cccn(Cc2ccc(F)cc2)c1=O. The highest BCUT2D eigenvalue weighted by atomic mass is 19.1. The highest BCUT2D eigenvalue weighted by Crippen LogP contribution is 2.06. The summed E-state index contributed by atoms with van der Waals surface area (Å²) in [5, 5.41) is 14.6. The lowest BCUT2D eigenvalue weighted by molar-refractivity contribution is 0.160. The van der Waals surface area contributed by atoms with Crippen LogP contribution in [0.5, 0.6) is 0 Å². The molecule has 3 N–H and O–H groups in total. The molecule has 134 valence electrons. The zero-order valence-corrected chi connectivity index (χ0v) is 14.0. The van der Waals surface area contributed by atoms with E-state index in [9.17, 15) is 19.1 Å². The number of benzene rings is 1. The molecule has 0 saturated heterocycles. The molecule has 0 spiro atoms. The van der Waals surface area contributed by atoms with E-state index < -0.39 is 12.1 Å². The van der Waals surface area contributed by atoms with Crippen LogP contribution < -0.4 is 16.2 Å². The van der Waals surface area contributed by atoms with E-state index in [-0.39, 0.29) is 23.6 Å². The smallest absolute Gasteiger partial charge is 0.319 e. The predicted molar refractivity (Wildman–Crippen MR) is 94.1 cm³/mol. The summed E-state index contributed by atoms with van der Waals surface area (Å²) >= 11 is 0. The van der Waals surface area contributed by atoms with E-state index in [2.05, 4.69) is 10.6 Å². The van der Waals surface area contributed by atoms with E-state index in [0.29, 0.717) is 19.4 Å². The van der Waals surface area contributed by atoms with Crippen LogP contribution in [0.3, 0.4) is 0 Å². The maximum atomic E-state index is 12.9. The van der Waals surface area contributed by atoms with Gasteiger partial charge >= 0.3 is 6.03 Å². The van der Waals surface area contributed by atoms with Gasteiger partial charge in [0.05, 0.1) is 12.6 Å². The quantitative estimate of drug-likeness (QED) is 0.719. The van der Waals surface area contributed by atoms with Crippen LogP contribution in [0.2, 0.25) is 0 Å². The molecule has 7 heteroatoms. The summed E-state index contributed by atoms with van der Waals surface area (Å²) in [7, 11) is 0. The molecule has 2 amide bonds. The van der Waals surface area contributed by atoms with Crippen molar-refractivity contribution in [3.63, 3.8) is 0 Å². The zero-order valence-electron chi connectivity index (χ0n) is 14.0. The molecule has 25 heavy (non-hydrogen) atoms. The zero-order chi connectivity index (χ0) is 18.2. The van der Waals surface area contributed by atoms with Gasteiger partial charge in [-0.3, -0.25) is 4.79 Å². The Morgan fingerprint density at radius 2 is 2.00 bits per heavy atom. The standard InChI is InChI=1S/C18H22FN3O3/c1-2-15(23)9-10-20-18(25)21-16-4-3-11-22(17(16)24)12-13-5-7-14(19)8-6-13/h3-8,11,15,23H,2,9-10,12H2,1H3,(H2,20,21,25). The summed E-state index contributed by atoms with van der Waals surface area (Å²) in [6, 6.07) is 8.55. The number of anilines is 1. The summed E-state index contributed by atoms with van der Waals surface area (Å²) < 4.78 is 14.4. The Morgan fingerprint density at radius 3 is 2.68 bits per heavy atom. The largest absolute Gasteiger partial charge is 0.393 e. The van der Waals surface area contributed by atoms with Gasteiger partial charge in [-0.25, -0.2) is 9.18 Å². The Balaban J connectivity index is 1.99. The molecule has 1 aromatic heterocycles. The van der Waals surface area contributed by atoms with Crippen molar-refractivity contribution in [3.05, 3.63) is 64.3 Å². The second-order valence-corrected chi connectivity index (χ2v) is 5.71. The number of rotatable bonds is 7. The van der Waals surface area contributed by atoms with Crippen molar-refractivity contribution in [3.8, 4) is 0 Å². The first-order chi connectivity index (χ1) is 12.0. The third-order valence-electron chi connectivity index (χ3n) is 3.77. The molecule has 0 aliphatic heterocycles. The summed E-state index contributed by atoms with van der Waals surface area (Å²) in [6.07, 6.45) is 2.22. The molecule has 0 aliphatic carbocycles. The number of aliphatic hydroxyl groups is 1. The van der Waals surface area contributed by atoms with E-state index in [1.54, 1.807) is 24.4 Å². The Labute approximate surface area is 145 Å². The number of halogens is 1. The minimum Gasteiger partial charge on any atom is -0.393 e. The fourth-order valence-corrected chi connectivity index (χ4v) is 2.27. The molecule has 1 heterocycles. The number of nitrogens with one attached hydrogen (secondary N) is 2. The summed E-state index contributed by atoms with van der Waals surface area (Å²) in [5.41, 5.74) is 0.576. The molecule has 2 aromatic rings. The Hall–Kier alpha value is -2.67. The maximum absolute atomic E-state index is 12.9. The van der Waals surface area contributed by atoms with Gasteiger partial charge in [-0.2, -0.15) is 0 Å². The summed E-state index contributed by atoms with van der Waals surface area (Å²) in [6.45, 7) is 2.45. The summed E-state index contributed by atoms with van der Waals surface area (Å²) in [5.74, 6) is -0.337. The van der Waals surface area contributed by atoms with Crippen molar-refractivity contribution in [1.82, 2.24) is 9.88 Å². The van der Waals surface area contributed by atoms with Gasteiger partial charge in [0.15, 0.2) is 0 Å². The van der Waals surface area contributed by atoms with Crippen LogP contribution in [0.15, 0.2) is 47.4 Å². The number of aliphatic hydroxyl groups excluding tert-OH is 1. The lowest BCUT2D eigenvalue weighted by Crippen LogP contribution is -2.34. The van der Waals surface area contributed by atoms with Crippen molar-refractivity contribution in [1.29, 1.82) is 0 Å². The lowest BCUT2D eigenvalue weighted by Gasteiger charge is -2.11. The number of carbonyl (C=O) groups excluding carboxylic acids is 1. The van der Waals surface area contributed by atoms with Gasteiger partial charge in [0, 0.05) is 12.7 Å². The molecule has 6 nitrogen and oxygen atoms in total. The molecular weight excluding hydrogens is 325 g/mol. The average molecular weight is 347 g/mol. The van der Waals surface area contributed by atoms with Crippen molar-refractivity contribution in [2.24, 2.45) is 0 Å². The number of hydrogen-bond acceptors (Lipinski definition) is 3. The van der Waals surface area contributed by atoms with Crippen LogP contribution in [-0.4, -0.2) is 28.4 Å².